The van der Waals surface area contributed by atoms with Crippen molar-refractivity contribution in [2.45, 2.75) is 53.5 Å². The molecule has 1 atom stereocenters. The minimum atomic E-state index is -0.320. The third-order valence-corrected chi connectivity index (χ3v) is 5.15. The Morgan fingerprint density at radius 2 is 2.03 bits per heavy atom. The highest BCUT2D eigenvalue weighted by molar-refractivity contribution is 5.98. The van der Waals surface area contributed by atoms with E-state index in [1.54, 1.807) is 6.08 Å². The van der Waals surface area contributed by atoms with Crippen molar-refractivity contribution in [2.75, 3.05) is 11.9 Å². The van der Waals surface area contributed by atoms with E-state index in [0.717, 1.165) is 35.5 Å². The van der Waals surface area contributed by atoms with Gasteiger partial charge in [0, 0.05) is 35.0 Å². The maximum Gasteiger partial charge on any atom is 0.251 e. The summed E-state index contributed by atoms with van der Waals surface area (Å²) in [6, 6.07) is 0. The van der Waals surface area contributed by atoms with Gasteiger partial charge >= 0.3 is 0 Å². The zero-order chi connectivity index (χ0) is 23.0. The van der Waals surface area contributed by atoms with Crippen LogP contribution in [0.4, 0.5) is 5.82 Å². The van der Waals surface area contributed by atoms with Crippen LogP contribution in [0.5, 0.6) is 0 Å². The van der Waals surface area contributed by atoms with Crippen LogP contribution < -0.4 is 10.6 Å². The Hall–Kier alpha value is -3.01. The average Bonchev–Trinajstić information content (AvgIpc) is 3.12. The number of hydrogen-bond donors (Lipinski definition) is 3. The second-order valence-electron chi connectivity index (χ2n) is 8.90. The van der Waals surface area contributed by atoms with Crippen LogP contribution in [0.15, 0.2) is 66.0 Å². The number of aromatic amines is 1. The van der Waals surface area contributed by atoms with E-state index >= 15 is 0 Å². The predicted octanol–water partition coefficient (Wildman–Crippen LogP) is 6.41. The molecule has 0 saturated carbocycles. The first kappa shape index (κ1) is 24.3. The van der Waals surface area contributed by atoms with E-state index in [9.17, 15) is 4.79 Å². The largest absolute Gasteiger partial charge is 0.368 e. The average molecular weight is 420 g/mol. The Morgan fingerprint density at radius 1 is 1.29 bits per heavy atom. The van der Waals surface area contributed by atoms with Gasteiger partial charge in [-0.1, -0.05) is 67.7 Å². The summed E-state index contributed by atoms with van der Waals surface area (Å²) in [6.45, 7) is 17.0. The third-order valence-electron chi connectivity index (χ3n) is 5.15. The van der Waals surface area contributed by atoms with Crippen LogP contribution in [-0.4, -0.2) is 23.0 Å². The zero-order valence-electron chi connectivity index (χ0n) is 19.8. The van der Waals surface area contributed by atoms with Crippen LogP contribution in [0.3, 0.4) is 0 Å². The number of anilines is 1. The number of carbonyl (C=O) groups excluding carboxylic acids is 1. The smallest absolute Gasteiger partial charge is 0.251 e. The monoisotopic (exact) mass is 419 g/mol. The molecule has 0 aliphatic carbocycles. The number of fused-ring (bicyclic) bond motifs is 1. The van der Waals surface area contributed by atoms with Crippen LogP contribution in [0.1, 0.15) is 59.1 Å². The molecule has 4 heteroatoms. The van der Waals surface area contributed by atoms with Gasteiger partial charge in [0.1, 0.15) is 5.82 Å². The molecule has 2 heterocycles. The Bertz CT molecular complexity index is 946. The number of amides is 1. The summed E-state index contributed by atoms with van der Waals surface area (Å²) in [5.74, 6) is 1.07. The van der Waals surface area contributed by atoms with Gasteiger partial charge in [-0.2, -0.15) is 0 Å². The molecule has 31 heavy (non-hydrogen) atoms. The number of hydrogen-bond acceptors (Lipinski definition) is 2. The van der Waals surface area contributed by atoms with Crippen molar-refractivity contribution in [3.63, 3.8) is 0 Å². The van der Waals surface area contributed by atoms with E-state index in [-0.39, 0.29) is 17.4 Å². The number of allylic oxidation sites excluding steroid dienone is 6. The van der Waals surface area contributed by atoms with Crippen molar-refractivity contribution >= 4 is 23.9 Å². The molecule has 1 aliphatic rings. The Labute approximate surface area is 187 Å². The van der Waals surface area contributed by atoms with Gasteiger partial charge < -0.3 is 15.6 Å². The highest BCUT2D eigenvalue weighted by atomic mass is 16.1. The van der Waals surface area contributed by atoms with E-state index in [0.29, 0.717) is 5.57 Å². The summed E-state index contributed by atoms with van der Waals surface area (Å²) in [6.07, 6.45) is 19.2. The lowest BCUT2D eigenvalue weighted by Gasteiger charge is -2.23. The van der Waals surface area contributed by atoms with E-state index in [4.69, 9.17) is 0 Å². The van der Waals surface area contributed by atoms with Gasteiger partial charge in [-0.25, -0.2) is 0 Å². The van der Waals surface area contributed by atoms with Gasteiger partial charge in [0.25, 0.3) is 5.91 Å². The number of carbonyl (C=O) groups is 1. The fraction of sp³-hybridized carbons (Fsp3) is 0.370. The molecule has 1 unspecified atom stereocenters. The van der Waals surface area contributed by atoms with E-state index < -0.39 is 0 Å². The Kier molecular flexibility index (Phi) is 8.49. The van der Waals surface area contributed by atoms with Gasteiger partial charge in [0.15, 0.2) is 0 Å². The molecular formula is C27H37N3O. The Morgan fingerprint density at radius 3 is 2.65 bits per heavy atom. The van der Waals surface area contributed by atoms with Crippen molar-refractivity contribution in [3.8, 4) is 0 Å². The van der Waals surface area contributed by atoms with Gasteiger partial charge in [-0.05, 0) is 52.5 Å². The van der Waals surface area contributed by atoms with Crippen molar-refractivity contribution in [1.82, 2.24) is 10.3 Å². The molecule has 1 aliphatic heterocycles. The first-order valence-corrected chi connectivity index (χ1v) is 11.0. The predicted molar refractivity (Wildman–Crippen MR) is 135 cm³/mol. The van der Waals surface area contributed by atoms with Gasteiger partial charge in [-0.15, -0.1) is 0 Å². The molecule has 0 aromatic carbocycles. The van der Waals surface area contributed by atoms with Gasteiger partial charge in [-0.3, -0.25) is 4.79 Å². The molecule has 0 fully saturated rings. The van der Waals surface area contributed by atoms with E-state index in [1.165, 1.54) is 5.57 Å². The highest BCUT2D eigenvalue weighted by Gasteiger charge is 2.21. The lowest BCUT2D eigenvalue weighted by atomic mass is 9.88. The van der Waals surface area contributed by atoms with Crippen molar-refractivity contribution in [3.05, 3.63) is 77.1 Å². The summed E-state index contributed by atoms with van der Waals surface area (Å²) in [4.78, 5) is 16.4. The summed E-state index contributed by atoms with van der Waals surface area (Å²) in [5.41, 5.74) is 4.74. The molecule has 3 N–H and O–H groups in total. The topological polar surface area (TPSA) is 56.9 Å². The summed E-state index contributed by atoms with van der Waals surface area (Å²) in [7, 11) is 0. The first-order valence-electron chi connectivity index (χ1n) is 11.0. The normalized spacial score (nSPS) is 16.1. The fourth-order valence-electron chi connectivity index (χ4n) is 3.66. The number of rotatable bonds is 8. The Balaban J connectivity index is 2.48. The molecule has 0 saturated heterocycles. The van der Waals surface area contributed by atoms with Crippen molar-refractivity contribution in [1.29, 1.82) is 0 Å². The molecule has 1 aromatic heterocycles. The van der Waals surface area contributed by atoms with Crippen LogP contribution >= 0.6 is 0 Å². The fourth-order valence-corrected chi connectivity index (χ4v) is 3.66. The number of aromatic nitrogens is 1. The molecule has 0 spiro atoms. The SMILES string of the molecule is C=C/C(C(=O)NC(C)(C)C)=C(\C=C\c1c[nH]c2c1C=CCN2)C(C)CC(/C=C\C)=C/C. The second kappa shape index (κ2) is 10.9. The van der Waals surface area contributed by atoms with E-state index in [2.05, 4.69) is 65.6 Å². The molecular weight excluding hydrogens is 382 g/mol. The van der Waals surface area contributed by atoms with Crippen LogP contribution in [0.25, 0.3) is 12.2 Å². The standard InChI is InChI=1S/C27H37N3O/c1-8-12-20(9-2)17-19(4)23(22(10-3)26(31)30-27(5,6)7)15-14-21-18-29-25-24(21)13-11-16-28-25/h8-15,18-19,28-29H,3,16-17H2,1-2,4-7H3,(H,30,31)/b12-8-,15-14+,20-9+,23-22-. The summed E-state index contributed by atoms with van der Waals surface area (Å²) in [5, 5.41) is 6.42. The molecule has 1 amide bonds. The summed E-state index contributed by atoms with van der Waals surface area (Å²) < 4.78 is 0. The summed E-state index contributed by atoms with van der Waals surface area (Å²) >= 11 is 0. The number of nitrogens with one attached hydrogen (secondary N) is 3. The molecule has 2 rings (SSSR count). The zero-order valence-corrected chi connectivity index (χ0v) is 19.8. The maximum absolute atomic E-state index is 13.1. The molecule has 0 bridgehead atoms. The van der Waals surface area contributed by atoms with Gasteiger partial charge in [0.2, 0.25) is 0 Å². The van der Waals surface area contributed by atoms with Gasteiger partial charge in [0.05, 0.1) is 0 Å². The first-order chi connectivity index (χ1) is 14.7. The molecule has 1 aromatic rings. The third kappa shape index (κ3) is 6.74. The van der Waals surface area contributed by atoms with Crippen LogP contribution in [-0.2, 0) is 4.79 Å². The maximum atomic E-state index is 13.1. The molecule has 4 nitrogen and oxygen atoms in total. The van der Waals surface area contributed by atoms with Crippen molar-refractivity contribution in [2.24, 2.45) is 5.92 Å². The molecule has 0 radical (unpaired) electrons. The molecule has 166 valence electrons. The minimum absolute atomic E-state index is 0.0975. The minimum Gasteiger partial charge on any atom is -0.368 e. The lowest BCUT2D eigenvalue weighted by Crippen LogP contribution is -2.41. The quantitative estimate of drug-likeness (QED) is 0.337. The van der Waals surface area contributed by atoms with Crippen LogP contribution in [0.2, 0.25) is 0 Å². The second-order valence-corrected chi connectivity index (χ2v) is 8.90. The lowest BCUT2D eigenvalue weighted by molar-refractivity contribution is -0.118. The number of H-pyrrole nitrogens is 1. The highest BCUT2D eigenvalue weighted by Crippen LogP contribution is 2.29. The van der Waals surface area contributed by atoms with Crippen LogP contribution in [0, 0.1) is 5.92 Å². The van der Waals surface area contributed by atoms with Crippen molar-refractivity contribution < 1.29 is 4.79 Å². The van der Waals surface area contributed by atoms with E-state index in [1.807, 2.05) is 46.9 Å².